The third-order valence-electron chi connectivity index (χ3n) is 0.798. The van der Waals surface area contributed by atoms with Crippen LogP contribution in [0.25, 0.3) is 0 Å². The molecule has 0 amide bonds. The van der Waals surface area contributed by atoms with Crippen molar-refractivity contribution in [3.05, 3.63) is 12.2 Å². The van der Waals surface area contributed by atoms with Crippen molar-refractivity contribution >= 4 is 0 Å². The molecule has 0 rings (SSSR count). The molecule has 0 saturated carbocycles. The Balaban J connectivity index is 2.99. The number of ether oxygens (including phenoxy) is 1. The first kappa shape index (κ1) is 8.66. The van der Waals surface area contributed by atoms with E-state index in [1.165, 1.54) is 0 Å². The molecule has 0 aromatic carbocycles. The van der Waals surface area contributed by atoms with E-state index in [9.17, 15) is 0 Å². The van der Waals surface area contributed by atoms with Crippen molar-refractivity contribution in [1.82, 2.24) is 0 Å². The molecule has 0 heterocycles. The van der Waals surface area contributed by atoms with E-state index in [1.807, 2.05) is 13.8 Å². The summed E-state index contributed by atoms with van der Waals surface area (Å²) in [7, 11) is 0. The predicted octanol–water partition coefficient (Wildman–Crippen LogP) is 0.960. The van der Waals surface area contributed by atoms with Crippen molar-refractivity contribution in [3.8, 4) is 0 Å². The van der Waals surface area contributed by atoms with Crippen LogP contribution in [0.2, 0.25) is 0 Å². The zero-order chi connectivity index (χ0) is 7.11. The van der Waals surface area contributed by atoms with Crippen LogP contribution >= 0.6 is 0 Å². The maximum absolute atomic E-state index is 8.29. The molecule has 0 fully saturated rings. The van der Waals surface area contributed by atoms with Crippen LogP contribution in [-0.4, -0.2) is 24.4 Å². The molecule has 2 heteroatoms. The van der Waals surface area contributed by atoms with Crippen molar-refractivity contribution in [3.63, 3.8) is 0 Å². The average molecular weight is 130 g/mol. The van der Waals surface area contributed by atoms with Crippen LogP contribution in [-0.2, 0) is 4.74 Å². The van der Waals surface area contributed by atoms with Gasteiger partial charge in [0.2, 0.25) is 0 Å². The fraction of sp³-hybridized carbons (Fsp3) is 0.714. The molecule has 0 aromatic rings. The molecule has 54 valence electrons. The number of aliphatic hydroxyl groups excluding tert-OH is 1. The van der Waals surface area contributed by atoms with Gasteiger partial charge < -0.3 is 9.84 Å². The van der Waals surface area contributed by atoms with Gasteiger partial charge in [0.15, 0.2) is 0 Å². The van der Waals surface area contributed by atoms with Crippen LogP contribution in [0, 0.1) is 0 Å². The summed E-state index contributed by atoms with van der Waals surface area (Å²) in [5, 5.41) is 8.29. The van der Waals surface area contributed by atoms with E-state index in [2.05, 4.69) is 0 Å². The number of aliphatic hydroxyl groups is 1. The molecule has 9 heavy (non-hydrogen) atoms. The van der Waals surface area contributed by atoms with Crippen LogP contribution < -0.4 is 0 Å². The third kappa shape index (κ3) is 7.66. The lowest BCUT2D eigenvalue weighted by Gasteiger charge is -2.01. The summed E-state index contributed by atoms with van der Waals surface area (Å²) in [5.41, 5.74) is 0. The van der Waals surface area contributed by atoms with Crippen molar-refractivity contribution in [2.45, 2.75) is 20.0 Å². The van der Waals surface area contributed by atoms with Crippen molar-refractivity contribution < 1.29 is 9.84 Å². The van der Waals surface area contributed by atoms with Gasteiger partial charge in [0.05, 0.1) is 19.3 Å². The maximum Gasteiger partial charge on any atom is 0.0651 e. The van der Waals surface area contributed by atoms with Gasteiger partial charge in [-0.15, -0.1) is 0 Å². The Kier molecular flexibility index (Phi) is 5.57. The third-order valence-corrected chi connectivity index (χ3v) is 0.798. The van der Waals surface area contributed by atoms with Gasteiger partial charge in [-0.2, -0.15) is 0 Å². The summed E-state index contributed by atoms with van der Waals surface area (Å²) in [6.07, 6.45) is 3.75. The topological polar surface area (TPSA) is 29.5 Å². The minimum Gasteiger partial charge on any atom is -0.392 e. The Morgan fingerprint density at radius 2 is 2.11 bits per heavy atom. The molecule has 0 unspecified atom stereocenters. The molecule has 1 N–H and O–H groups in total. The fourth-order valence-corrected chi connectivity index (χ4v) is 0.391. The van der Waals surface area contributed by atoms with Gasteiger partial charge in [0.1, 0.15) is 0 Å². The zero-order valence-corrected chi connectivity index (χ0v) is 6.00. The van der Waals surface area contributed by atoms with Gasteiger partial charge in [0, 0.05) is 0 Å². The van der Waals surface area contributed by atoms with Crippen molar-refractivity contribution in [1.29, 1.82) is 0 Å². The van der Waals surface area contributed by atoms with Gasteiger partial charge in [-0.25, -0.2) is 0 Å². The minimum absolute atomic E-state index is 0.0987. The SMILES string of the molecule is CC(C)OCC=CCO. The van der Waals surface area contributed by atoms with Crippen LogP contribution in [0.4, 0.5) is 0 Å². The number of rotatable bonds is 4. The average Bonchev–Trinajstić information content (AvgIpc) is 1.80. The summed E-state index contributed by atoms with van der Waals surface area (Å²) < 4.78 is 5.15. The Morgan fingerprint density at radius 1 is 1.44 bits per heavy atom. The standard InChI is InChI=1S/C7H14O2/c1-7(2)9-6-4-3-5-8/h3-4,7-8H,5-6H2,1-2H3. The highest BCUT2D eigenvalue weighted by Crippen LogP contribution is 1.86. The second kappa shape index (κ2) is 5.79. The predicted molar refractivity (Wildman–Crippen MR) is 37.3 cm³/mol. The zero-order valence-electron chi connectivity index (χ0n) is 6.00. The first-order chi connectivity index (χ1) is 4.27. The molecule has 0 radical (unpaired) electrons. The van der Waals surface area contributed by atoms with Crippen LogP contribution in [0.5, 0.6) is 0 Å². The molecule has 2 nitrogen and oxygen atoms in total. The molecule has 0 aliphatic carbocycles. The normalized spacial score (nSPS) is 11.6. The first-order valence-corrected chi connectivity index (χ1v) is 3.15. The van der Waals surface area contributed by atoms with Crippen molar-refractivity contribution in [2.24, 2.45) is 0 Å². The summed E-state index contributed by atoms with van der Waals surface area (Å²) in [4.78, 5) is 0. The van der Waals surface area contributed by atoms with E-state index in [1.54, 1.807) is 12.2 Å². The van der Waals surface area contributed by atoms with Crippen LogP contribution in [0.1, 0.15) is 13.8 Å². The van der Waals surface area contributed by atoms with E-state index in [0.717, 1.165) is 0 Å². The molecule has 0 bridgehead atoms. The molecule has 0 saturated heterocycles. The van der Waals surface area contributed by atoms with Gasteiger partial charge in [-0.05, 0) is 13.8 Å². The monoisotopic (exact) mass is 130 g/mol. The highest BCUT2D eigenvalue weighted by Gasteiger charge is 1.86. The lowest BCUT2D eigenvalue weighted by molar-refractivity contribution is 0.102. The van der Waals surface area contributed by atoms with Crippen LogP contribution in [0.15, 0.2) is 12.2 Å². The lowest BCUT2D eigenvalue weighted by Crippen LogP contribution is -2.01. The Bertz CT molecular complexity index is 77.0. The smallest absolute Gasteiger partial charge is 0.0651 e. The maximum atomic E-state index is 8.29. The van der Waals surface area contributed by atoms with E-state index in [0.29, 0.717) is 6.61 Å². The van der Waals surface area contributed by atoms with Gasteiger partial charge in [0.25, 0.3) is 0 Å². The molecule has 0 spiro atoms. The highest BCUT2D eigenvalue weighted by molar-refractivity contribution is 4.80. The fourth-order valence-electron chi connectivity index (χ4n) is 0.391. The van der Waals surface area contributed by atoms with E-state index >= 15 is 0 Å². The van der Waals surface area contributed by atoms with Gasteiger partial charge in [-0.3, -0.25) is 0 Å². The highest BCUT2D eigenvalue weighted by atomic mass is 16.5. The second-order valence-electron chi connectivity index (χ2n) is 2.04. The summed E-state index contributed by atoms with van der Waals surface area (Å²) in [6.45, 7) is 4.65. The minimum atomic E-state index is 0.0987. The Morgan fingerprint density at radius 3 is 2.56 bits per heavy atom. The number of hydrogen-bond donors (Lipinski definition) is 1. The number of hydrogen-bond acceptors (Lipinski definition) is 2. The van der Waals surface area contributed by atoms with E-state index < -0.39 is 0 Å². The molecule has 0 aliphatic rings. The molecular formula is C7H14O2. The largest absolute Gasteiger partial charge is 0.392 e. The molecule has 0 aliphatic heterocycles. The molecule has 0 aromatic heterocycles. The summed E-state index contributed by atoms with van der Waals surface area (Å²) in [5.74, 6) is 0. The summed E-state index contributed by atoms with van der Waals surface area (Å²) in [6, 6.07) is 0. The van der Waals surface area contributed by atoms with Gasteiger partial charge in [-0.1, -0.05) is 12.2 Å². The van der Waals surface area contributed by atoms with Gasteiger partial charge >= 0.3 is 0 Å². The lowest BCUT2D eigenvalue weighted by atomic mass is 10.5. The quantitative estimate of drug-likeness (QED) is 0.574. The molecule has 0 atom stereocenters. The van der Waals surface area contributed by atoms with Crippen molar-refractivity contribution in [2.75, 3.05) is 13.2 Å². The summed E-state index contributed by atoms with van der Waals surface area (Å²) >= 11 is 0. The van der Waals surface area contributed by atoms with Crippen LogP contribution in [0.3, 0.4) is 0 Å². The Hall–Kier alpha value is -0.340. The second-order valence-corrected chi connectivity index (χ2v) is 2.04. The first-order valence-electron chi connectivity index (χ1n) is 3.15. The molecular weight excluding hydrogens is 116 g/mol. The Labute approximate surface area is 56.1 Å². The van der Waals surface area contributed by atoms with E-state index in [-0.39, 0.29) is 12.7 Å². The van der Waals surface area contributed by atoms with E-state index in [4.69, 9.17) is 9.84 Å².